The van der Waals surface area contributed by atoms with Gasteiger partial charge in [0.05, 0.1) is 23.4 Å². The Balaban J connectivity index is 1.87. The molecule has 5 nitrogen and oxygen atoms in total. The minimum atomic E-state index is -0.430. The molecule has 0 saturated carbocycles. The summed E-state index contributed by atoms with van der Waals surface area (Å²) >= 11 is 0. The highest BCUT2D eigenvalue weighted by Crippen LogP contribution is 2.30. The predicted octanol–water partition coefficient (Wildman–Crippen LogP) is 3.73. The molecular weight excluding hydrogens is 306 g/mol. The molecule has 0 saturated heterocycles. The lowest BCUT2D eigenvalue weighted by Gasteiger charge is -2.02. The molecule has 0 unspecified atom stereocenters. The number of carbonyl (C=O) groups is 2. The minimum absolute atomic E-state index is 0.0825. The second kappa shape index (κ2) is 6.50. The number of fused-ring (bicyclic) bond motifs is 1. The van der Waals surface area contributed by atoms with Gasteiger partial charge in [-0.3, -0.25) is 9.79 Å². The fourth-order valence-electron chi connectivity index (χ4n) is 2.47. The van der Waals surface area contributed by atoms with Crippen LogP contribution in [0.2, 0.25) is 0 Å². The molecular formula is C19H15NO4. The first-order valence-corrected chi connectivity index (χ1v) is 7.50. The average Bonchev–Trinajstić information content (AvgIpc) is 2.85. The van der Waals surface area contributed by atoms with E-state index in [1.165, 1.54) is 6.21 Å². The molecule has 24 heavy (non-hydrogen) atoms. The van der Waals surface area contributed by atoms with Crippen LogP contribution in [0.1, 0.15) is 33.2 Å². The molecule has 0 amide bonds. The zero-order valence-electron chi connectivity index (χ0n) is 13.0. The number of Topliss-reactive ketones (excluding diaryl/α,β-unsaturated/α-hetero) is 1. The number of hydrogen-bond acceptors (Lipinski definition) is 5. The molecule has 0 bridgehead atoms. The number of rotatable bonds is 4. The number of aliphatic hydroxyl groups excluding tert-OH is 1. The fourth-order valence-corrected chi connectivity index (χ4v) is 2.47. The van der Waals surface area contributed by atoms with Crippen LogP contribution in [0.3, 0.4) is 0 Å². The van der Waals surface area contributed by atoms with Crippen molar-refractivity contribution in [1.82, 2.24) is 0 Å². The third-order valence-electron chi connectivity index (χ3n) is 3.63. The Kier molecular flexibility index (Phi) is 4.24. The Morgan fingerprint density at radius 3 is 2.62 bits per heavy atom. The van der Waals surface area contributed by atoms with E-state index < -0.39 is 5.97 Å². The predicted molar refractivity (Wildman–Crippen MR) is 90.9 cm³/mol. The molecule has 3 rings (SSSR count). The normalized spacial score (nSPS) is 13.5. The fraction of sp³-hybridized carbons (Fsp3) is 0.105. The summed E-state index contributed by atoms with van der Waals surface area (Å²) < 4.78 is 4.94. The van der Waals surface area contributed by atoms with E-state index >= 15 is 0 Å². The van der Waals surface area contributed by atoms with E-state index in [1.54, 1.807) is 55.5 Å². The van der Waals surface area contributed by atoms with Crippen molar-refractivity contribution in [2.45, 2.75) is 6.92 Å². The van der Waals surface area contributed by atoms with Crippen molar-refractivity contribution in [3.63, 3.8) is 0 Å². The number of nitrogens with zero attached hydrogens (tertiary/aromatic N) is 1. The standard InChI is InChI=1S/C19H15NO4/c1-2-24-19(23)12-6-5-7-13(10-12)20-11-16-17(21)14-8-3-4-9-15(14)18(16)22/h3-11,21H,2H2,1H3. The van der Waals surface area contributed by atoms with Crippen LogP contribution in [0, 0.1) is 0 Å². The molecule has 0 aromatic heterocycles. The summed E-state index contributed by atoms with van der Waals surface area (Å²) in [6.07, 6.45) is 1.32. The number of carbonyl (C=O) groups excluding carboxylic acids is 2. The smallest absolute Gasteiger partial charge is 0.338 e. The third-order valence-corrected chi connectivity index (χ3v) is 3.63. The van der Waals surface area contributed by atoms with Crippen LogP contribution in [-0.2, 0) is 4.74 Å². The van der Waals surface area contributed by atoms with Gasteiger partial charge in [-0.1, -0.05) is 30.3 Å². The lowest BCUT2D eigenvalue weighted by molar-refractivity contribution is 0.0526. The third kappa shape index (κ3) is 2.84. The summed E-state index contributed by atoms with van der Waals surface area (Å²) in [5.74, 6) is -0.782. The number of ether oxygens (including phenoxy) is 1. The van der Waals surface area contributed by atoms with Crippen molar-refractivity contribution in [1.29, 1.82) is 0 Å². The van der Waals surface area contributed by atoms with Gasteiger partial charge in [0.15, 0.2) is 5.78 Å². The summed E-state index contributed by atoms with van der Waals surface area (Å²) in [6.45, 7) is 2.03. The van der Waals surface area contributed by atoms with Gasteiger partial charge < -0.3 is 9.84 Å². The first kappa shape index (κ1) is 15.7. The van der Waals surface area contributed by atoms with Crippen molar-refractivity contribution in [2.24, 2.45) is 4.99 Å². The van der Waals surface area contributed by atoms with Gasteiger partial charge >= 0.3 is 5.97 Å². The van der Waals surface area contributed by atoms with E-state index in [2.05, 4.69) is 4.99 Å². The number of aliphatic imine (C=N–C) groups is 1. The second-order valence-electron chi connectivity index (χ2n) is 5.17. The molecule has 1 aliphatic carbocycles. The van der Waals surface area contributed by atoms with Gasteiger partial charge in [0, 0.05) is 17.3 Å². The van der Waals surface area contributed by atoms with Crippen molar-refractivity contribution in [3.05, 3.63) is 70.8 Å². The van der Waals surface area contributed by atoms with Gasteiger partial charge in [-0.25, -0.2) is 4.79 Å². The van der Waals surface area contributed by atoms with Gasteiger partial charge in [0.1, 0.15) is 5.76 Å². The number of ketones is 1. The Morgan fingerprint density at radius 2 is 1.92 bits per heavy atom. The maximum absolute atomic E-state index is 12.3. The van der Waals surface area contributed by atoms with E-state index in [9.17, 15) is 14.7 Å². The van der Waals surface area contributed by atoms with Gasteiger partial charge in [-0.05, 0) is 25.1 Å². The number of hydrogen-bond donors (Lipinski definition) is 1. The van der Waals surface area contributed by atoms with Crippen LogP contribution in [0.25, 0.3) is 5.76 Å². The topological polar surface area (TPSA) is 76.0 Å². The zero-order chi connectivity index (χ0) is 17.1. The molecule has 0 radical (unpaired) electrons. The Bertz CT molecular complexity index is 880. The monoisotopic (exact) mass is 321 g/mol. The molecule has 2 aromatic carbocycles. The van der Waals surface area contributed by atoms with Gasteiger partial charge in [-0.2, -0.15) is 0 Å². The molecule has 120 valence electrons. The summed E-state index contributed by atoms with van der Waals surface area (Å²) in [5.41, 5.74) is 1.97. The molecule has 0 atom stereocenters. The van der Waals surface area contributed by atoms with Crippen molar-refractivity contribution in [3.8, 4) is 0 Å². The van der Waals surface area contributed by atoms with Crippen molar-refractivity contribution >= 4 is 29.4 Å². The van der Waals surface area contributed by atoms with Crippen LogP contribution in [0.15, 0.2) is 59.1 Å². The molecule has 0 fully saturated rings. The van der Waals surface area contributed by atoms with E-state index in [4.69, 9.17) is 4.74 Å². The number of esters is 1. The van der Waals surface area contributed by atoms with Gasteiger partial charge in [0.25, 0.3) is 0 Å². The highest BCUT2D eigenvalue weighted by molar-refractivity contribution is 6.30. The maximum Gasteiger partial charge on any atom is 0.338 e. The van der Waals surface area contributed by atoms with E-state index in [0.717, 1.165) is 0 Å². The summed E-state index contributed by atoms with van der Waals surface area (Å²) in [7, 11) is 0. The Hall–Kier alpha value is -3.21. The van der Waals surface area contributed by atoms with Crippen LogP contribution >= 0.6 is 0 Å². The van der Waals surface area contributed by atoms with Gasteiger partial charge in [0.2, 0.25) is 0 Å². The lowest BCUT2D eigenvalue weighted by atomic mass is 10.1. The average molecular weight is 321 g/mol. The van der Waals surface area contributed by atoms with Crippen molar-refractivity contribution in [2.75, 3.05) is 6.61 Å². The molecule has 1 N–H and O–H groups in total. The molecule has 0 aliphatic heterocycles. The van der Waals surface area contributed by atoms with Crippen LogP contribution in [-0.4, -0.2) is 29.7 Å². The maximum atomic E-state index is 12.3. The van der Waals surface area contributed by atoms with Crippen LogP contribution in [0.5, 0.6) is 0 Å². The molecule has 5 heteroatoms. The van der Waals surface area contributed by atoms with Crippen molar-refractivity contribution < 1.29 is 19.4 Å². The van der Waals surface area contributed by atoms with Crippen LogP contribution in [0.4, 0.5) is 5.69 Å². The second-order valence-corrected chi connectivity index (χ2v) is 5.17. The van der Waals surface area contributed by atoms with E-state index in [0.29, 0.717) is 29.0 Å². The van der Waals surface area contributed by atoms with Gasteiger partial charge in [-0.15, -0.1) is 0 Å². The number of aliphatic hydroxyl groups is 1. The first-order chi connectivity index (χ1) is 11.6. The highest BCUT2D eigenvalue weighted by Gasteiger charge is 2.27. The number of allylic oxidation sites excluding steroid dienone is 1. The number of benzene rings is 2. The Morgan fingerprint density at radius 1 is 1.17 bits per heavy atom. The molecule has 1 aliphatic rings. The summed E-state index contributed by atoms with van der Waals surface area (Å²) in [5, 5.41) is 10.2. The summed E-state index contributed by atoms with van der Waals surface area (Å²) in [6, 6.07) is 13.4. The first-order valence-electron chi connectivity index (χ1n) is 7.50. The largest absolute Gasteiger partial charge is 0.506 e. The van der Waals surface area contributed by atoms with E-state index in [-0.39, 0.29) is 17.1 Å². The SMILES string of the molecule is CCOC(=O)c1cccc(N=CC2=C(O)c3ccccc3C2=O)c1. The summed E-state index contributed by atoms with van der Waals surface area (Å²) in [4.78, 5) is 28.2. The minimum Gasteiger partial charge on any atom is -0.506 e. The van der Waals surface area contributed by atoms with Crippen LogP contribution < -0.4 is 0 Å². The Labute approximate surface area is 138 Å². The quantitative estimate of drug-likeness (QED) is 0.687. The van der Waals surface area contributed by atoms with E-state index in [1.807, 2.05) is 0 Å². The molecule has 0 spiro atoms. The molecule has 0 heterocycles. The highest BCUT2D eigenvalue weighted by atomic mass is 16.5. The lowest BCUT2D eigenvalue weighted by Crippen LogP contribution is -2.04. The molecule has 2 aromatic rings. The zero-order valence-corrected chi connectivity index (χ0v) is 13.0.